The molecule has 0 spiro atoms. The number of para-hydroxylation sites is 1. The van der Waals surface area contributed by atoms with Crippen molar-refractivity contribution in [3.63, 3.8) is 0 Å². The third-order valence-electron chi connectivity index (χ3n) is 2.58. The summed E-state index contributed by atoms with van der Waals surface area (Å²) >= 11 is 0. The maximum Gasteiger partial charge on any atom is 0.240 e. The van der Waals surface area contributed by atoms with Crippen LogP contribution in [0.4, 0.5) is 5.69 Å². The predicted molar refractivity (Wildman–Crippen MR) is 78.1 cm³/mol. The summed E-state index contributed by atoms with van der Waals surface area (Å²) in [4.78, 5) is 11.8. The Morgan fingerprint density at radius 1 is 1.30 bits per heavy atom. The van der Waals surface area contributed by atoms with Crippen molar-refractivity contribution < 1.29 is 17.9 Å². The highest BCUT2D eigenvalue weighted by molar-refractivity contribution is 7.92. The molecule has 0 aliphatic carbocycles. The summed E-state index contributed by atoms with van der Waals surface area (Å²) in [6, 6.07) is 8.54. The number of carbonyl (C=O) groups excluding carboxylic acids is 1. The molecule has 1 N–H and O–H groups in total. The van der Waals surface area contributed by atoms with Crippen LogP contribution in [0.5, 0.6) is 0 Å². The van der Waals surface area contributed by atoms with Crippen molar-refractivity contribution in [2.24, 2.45) is 0 Å². The van der Waals surface area contributed by atoms with Gasteiger partial charge in [0.25, 0.3) is 0 Å². The molecule has 1 aromatic rings. The van der Waals surface area contributed by atoms with Gasteiger partial charge in [0.15, 0.2) is 0 Å². The lowest BCUT2D eigenvalue weighted by molar-refractivity contribution is -0.119. The molecule has 112 valence electrons. The van der Waals surface area contributed by atoms with Crippen molar-refractivity contribution in [2.75, 3.05) is 37.4 Å². The molecule has 0 saturated heterocycles. The molecule has 0 radical (unpaired) electrons. The van der Waals surface area contributed by atoms with Crippen molar-refractivity contribution in [3.8, 4) is 0 Å². The first-order chi connectivity index (χ1) is 9.45. The van der Waals surface area contributed by atoms with Gasteiger partial charge >= 0.3 is 0 Å². The van der Waals surface area contributed by atoms with E-state index in [0.717, 1.165) is 10.6 Å². The van der Waals surface area contributed by atoms with Crippen LogP contribution in [0.3, 0.4) is 0 Å². The number of nitrogens with one attached hydrogen (secondary N) is 1. The molecule has 0 unspecified atom stereocenters. The number of anilines is 1. The number of nitrogens with zero attached hydrogens (tertiary/aromatic N) is 1. The predicted octanol–water partition coefficient (Wildman–Crippen LogP) is 0.605. The van der Waals surface area contributed by atoms with Crippen molar-refractivity contribution in [1.82, 2.24) is 5.32 Å². The monoisotopic (exact) mass is 300 g/mol. The zero-order valence-electron chi connectivity index (χ0n) is 11.7. The van der Waals surface area contributed by atoms with Gasteiger partial charge in [-0.25, -0.2) is 8.42 Å². The molecule has 0 aliphatic heterocycles. The fourth-order valence-electron chi connectivity index (χ4n) is 1.62. The van der Waals surface area contributed by atoms with Gasteiger partial charge in [-0.1, -0.05) is 18.2 Å². The maximum absolute atomic E-state index is 11.8. The van der Waals surface area contributed by atoms with Crippen molar-refractivity contribution in [2.45, 2.75) is 6.42 Å². The summed E-state index contributed by atoms with van der Waals surface area (Å²) in [5.74, 6) is -0.338. The molecule has 0 aromatic heterocycles. The van der Waals surface area contributed by atoms with Crippen molar-refractivity contribution in [3.05, 3.63) is 30.3 Å². The van der Waals surface area contributed by atoms with Crippen LogP contribution in [0.25, 0.3) is 0 Å². The Labute approximate surface area is 119 Å². The van der Waals surface area contributed by atoms with Crippen LogP contribution < -0.4 is 9.62 Å². The molecule has 0 fully saturated rings. The second kappa shape index (κ2) is 7.86. The highest BCUT2D eigenvalue weighted by Gasteiger charge is 2.20. The molecule has 6 nitrogen and oxygen atoms in total. The molecular formula is C13H20N2O4S. The molecule has 1 rings (SSSR count). The fraction of sp³-hybridized carbons (Fsp3) is 0.462. The summed E-state index contributed by atoms with van der Waals surface area (Å²) in [6.45, 7) is 0.781. The molecule has 1 amide bonds. The number of hydrogen-bond acceptors (Lipinski definition) is 4. The van der Waals surface area contributed by atoms with E-state index in [-0.39, 0.29) is 12.5 Å². The molecule has 0 heterocycles. The van der Waals surface area contributed by atoms with Gasteiger partial charge in [0.2, 0.25) is 15.9 Å². The summed E-state index contributed by atoms with van der Waals surface area (Å²) in [5, 5.41) is 2.66. The summed E-state index contributed by atoms with van der Waals surface area (Å²) in [6.07, 6.45) is 1.77. The summed E-state index contributed by atoms with van der Waals surface area (Å²) in [5.41, 5.74) is 0.474. The average molecular weight is 300 g/mol. The normalized spacial score (nSPS) is 11.1. The zero-order chi connectivity index (χ0) is 15.0. The number of rotatable bonds is 8. The minimum absolute atomic E-state index is 0.226. The first-order valence-corrected chi connectivity index (χ1v) is 8.08. The largest absolute Gasteiger partial charge is 0.385 e. The molecule has 7 heteroatoms. The Bertz CT molecular complexity index is 516. The van der Waals surface area contributed by atoms with Crippen molar-refractivity contribution >= 4 is 21.6 Å². The molecule has 0 aliphatic rings. The van der Waals surface area contributed by atoms with Gasteiger partial charge in [0.05, 0.1) is 11.9 Å². The number of ether oxygens (including phenoxy) is 1. The number of carbonyl (C=O) groups is 1. The van der Waals surface area contributed by atoms with E-state index in [2.05, 4.69) is 5.32 Å². The Hall–Kier alpha value is -1.60. The fourth-order valence-corrected chi connectivity index (χ4v) is 2.48. The first kappa shape index (κ1) is 16.5. The second-order valence-electron chi connectivity index (χ2n) is 4.30. The molecular weight excluding hydrogens is 280 g/mol. The number of methoxy groups -OCH3 is 1. The minimum Gasteiger partial charge on any atom is -0.385 e. The van der Waals surface area contributed by atoms with Gasteiger partial charge in [-0.2, -0.15) is 0 Å². The smallest absolute Gasteiger partial charge is 0.240 e. The zero-order valence-corrected chi connectivity index (χ0v) is 12.5. The SMILES string of the molecule is COCCCNC(=O)CN(c1ccccc1)S(C)(=O)=O. The van der Waals surface area contributed by atoms with E-state index in [0.29, 0.717) is 25.3 Å². The highest BCUT2D eigenvalue weighted by atomic mass is 32.2. The molecule has 0 atom stereocenters. The van der Waals surface area contributed by atoms with Crippen LogP contribution in [-0.2, 0) is 19.6 Å². The Morgan fingerprint density at radius 3 is 2.50 bits per heavy atom. The lowest BCUT2D eigenvalue weighted by atomic mass is 10.3. The van der Waals surface area contributed by atoms with E-state index >= 15 is 0 Å². The first-order valence-electron chi connectivity index (χ1n) is 6.23. The van der Waals surface area contributed by atoms with Crippen molar-refractivity contribution in [1.29, 1.82) is 0 Å². The molecule has 20 heavy (non-hydrogen) atoms. The van der Waals surface area contributed by atoms with Crippen LogP contribution in [0.1, 0.15) is 6.42 Å². The number of sulfonamides is 1. The van der Waals surface area contributed by atoms with E-state index < -0.39 is 10.0 Å². The van der Waals surface area contributed by atoms with E-state index in [9.17, 15) is 13.2 Å². The Morgan fingerprint density at radius 2 is 1.95 bits per heavy atom. The molecule has 0 bridgehead atoms. The second-order valence-corrected chi connectivity index (χ2v) is 6.21. The van der Waals surface area contributed by atoms with Gasteiger partial charge in [-0.05, 0) is 18.6 Å². The van der Waals surface area contributed by atoms with Gasteiger partial charge in [-0.15, -0.1) is 0 Å². The van der Waals surface area contributed by atoms with Gasteiger partial charge < -0.3 is 10.1 Å². The van der Waals surface area contributed by atoms with E-state index in [1.54, 1.807) is 37.4 Å². The standard InChI is InChI=1S/C13H20N2O4S/c1-19-10-6-9-14-13(16)11-15(20(2,17)18)12-7-4-3-5-8-12/h3-5,7-8H,6,9-11H2,1-2H3,(H,14,16). The number of hydrogen-bond donors (Lipinski definition) is 1. The summed E-state index contributed by atoms with van der Waals surface area (Å²) < 4.78 is 29.5. The molecule has 0 saturated carbocycles. The lowest BCUT2D eigenvalue weighted by Gasteiger charge is -2.21. The van der Waals surface area contributed by atoms with Crippen LogP contribution in [0.15, 0.2) is 30.3 Å². The van der Waals surface area contributed by atoms with Crippen LogP contribution in [0, 0.1) is 0 Å². The third-order valence-corrected chi connectivity index (χ3v) is 3.72. The Balaban J connectivity index is 2.66. The summed E-state index contributed by atoms with van der Waals surface area (Å²) in [7, 11) is -1.91. The number of amides is 1. The highest BCUT2D eigenvalue weighted by Crippen LogP contribution is 2.15. The number of benzene rings is 1. The quantitative estimate of drug-likeness (QED) is 0.714. The van der Waals surface area contributed by atoms with E-state index in [1.165, 1.54) is 0 Å². The molecule has 1 aromatic carbocycles. The van der Waals surface area contributed by atoms with Crippen LogP contribution in [-0.4, -0.2) is 47.4 Å². The average Bonchev–Trinajstić information content (AvgIpc) is 2.41. The van der Waals surface area contributed by atoms with Crippen LogP contribution >= 0.6 is 0 Å². The minimum atomic E-state index is -3.50. The van der Waals surface area contributed by atoms with Gasteiger partial charge in [0.1, 0.15) is 6.54 Å². The van der Waals surface area contributed by atoms with Crippen LogP contribution in [0.2, 0.25) is 0 Å². The topological polar surface area (TPSA) is 75.7 Å². The maximum atomic E-state index is 11.8. The third kappa shape index (κ3) is 5.58. The van der Waals surface area contributed by atoms with E-state index in [4.69, 9.17) is 4.74 Å². The van der Waals surface area contributed by atoms with E-state index in [1.807, 2.05) is 0 Å². The lowest BCUT2D eigenvalue weighted by Crippen LogP contribution is -2.40. The van der Waals surface area contributed by atoms with Gasteiger partial charge in [0, 0.05) is 20.3 Å². The van der Waals surface area contributed by atoms with Gasteiger partial charge in [-0.3, -0.25) is 9.10 Å². The Kier molecular flexibility index (Phi) is 6.47.